The highest BCUT2D eigenvalue weighted by molar-refractivity contribution is 9.10. The standard InChI is InChI=1S/C7H8BrN3O2/c1-11-5(6(8)9-10-11)7(12)13-4-2-3-4/h4H,2-3H2,1H3. The van der Waals surface area contributed by atoms with Crippen molar-refractivity contribution in [1.29, 1.82) is 0 Å². The fourth-order valence-electron chi connectivity index (χ4n) is 0.941. The van der Waals surface area contributed by atoms with E-state index in [1.54, 1.807) is 7.05 Å². The third kappa shape index (κ3) is 1.72. The topological polar surface area (TPSA) is 57.0 Å². The molecule has 0 N–H and O–H groups in total. The van der Waals surface area contributed by atoms with Crippen molar-refractivity contribution in [3.63, 3.8) is 0 Å². The van der Waals surface area contributed by atoms with Crippen molar-refractivity contribution in [3.05, 3.63) is 10.3 Å². The number of ether oxygens (including phenoxy) is 1. The van der Waals surface area contributed by atoms with Gasteiger partial charge in [0.25, 0.3) is 0 Å². The second-order valence-corrected chi connectivity index (χ2v) is 3.71. The first-order valence-corrected chi connectivity index (χ1v) is 4.74. The number of carbonyl (C=O) groups excluding carboxylic acids is 1. The van der Waals surface area contributed by atoms with E-state index in [1.807, 2.05) is 0 Å². The Balaban J connectivity index is 2.17. The predicted octanol–water partition coefficient (Wildman–Crippen LogP) is 0.897. The van der Waals surface area contributed by atoms with E-state index in [1.165, 1.54) is 4.68 Å². The molecule has 0 radical (unpaired) electrons. The van der Waals surface area contributed by atoms with E-state index in [-0.39, 0.29) is 12.1 Å². The molecule has 1 saturated carbocycles. The van der Waals surface area contributed by atoms with Gasteiger partial charge in [-0.25, -0.2) is 9.48 Å². The largest absolute Gasteiger partial charge is 0.458 e. The number of aromatic nitrogens is 3. The number of hydrogen-bond acceptors (Lipinski definition) is 4. The minimum absolute atomic E-state index is 0.106. The maximum atomic E-state index is 11.4. The van der Waals surface area contributed by atoms with Crippen LogP contribution < -0.4 is 0 Å². The van der Waals surface area contributed by atoms with E-state index in [2.05, 4.69) is 26.2 Å². The average Bonchev–Trinajstić information content (AvgIpc) is 2.79. The number of hydrogen-bond donors (Lipinski definition) is 0. The molecule has 1 fully saturated rings. The van der Waals surface area contributed by atoms with E-state index in [4.69, 9.17) is 4.74 Å². The molecule has 0 amide bonds. The average molecular weight is 246 g/mol. The van der Waals surface area contributed by atoms with E-state index >= 15 is 0 Å². The van der Waals surface area contributed by atoms with Crippen molar-refractivity contribution in [3.8, 4) is 0 Å². The molecule has 0 saturated heterocycles. The lowest BCUT2D eigenvalue weighted by Crippen LogP contribution is -2.12. The molecule has 0 spiro atoms. The molecule has 1 aliphatic carbocycles. The van der Waals surface area contributed by atoms with Crippen LogP contribution in [0.15, 0.2) is 4.60 Å². The third-order valence-corrected chi connectivity index (χ3v) is 2.31. The molecule has 5 nitrogen and oxygen atoms in total. The summed E-state index contributed by atoms with van der Waals surface area (Å²) in [5.41, 5.74) is 0.367. The second kappa shape index (κ2) is 3.10. The molecule has 0 aliphatic heterocycles. The number of nitrogens with zero attached hydrogens (tertiary/aromatic N) is 3. The normalized spacial score (nSPS) is 15.8. The first kappa shape index (κ1) is 8.68. The number of halogens is 1. The summed E-state index contributed by atoms with van der Waals surface area (Å²) in [6.07, 6.45) is 2.04. The van der Waals surface area contributed by atoms with Crippen molar-refractivity contribution >= 4 is 21.9 Å². The van der Waals surface area contributed by atoms with Gasteiger partial charge in [-0.2, -0.15) is 0 Å². The maximum absolute atomic E-state index is 11.4. The minimum Gasteiger partial charge on any atom is -0.458 e. The molecule has 1 aliphatic rings. The molecule has 0 unspecified atom stereocenters. The zero-order valence-corrected chi connectivity index (χ0v) is 8.61. The third-order valence-electron chi connectivity index (χ3n) is 1.78. The van der Waals surface area contributed by atoms with Gasteiger partial charge in [-0.3, -0.25) is 0 Å². The molecule has 13 heavy (non-hydrogen) atoms. The quantitative estimate of drug-likeness (QED) is 0.727. The first-order chi connectivity index (χ1) is 6.18. The summed E-state index contributed by atoms with van der Waals surface area (Å²) in [7, 11) is 1.65. The Hall–Kier alpha value is -0.910. The van der Waals surface area contributed by atoms with Gasteiger partial charge in [0.15, 0.2) is 10.3 Å². The summed E-state index contributed by atoms with van der Waals surface area (Å²) in [5, 5.41) is 7.38. The van der Waals surface area contributed by atoms with E-state index in [0.29, 0.717) is 10.3 Å². The summed E-state index contributed by atoms with van der Waals surface area (Å²) in [5.74, 6) is -0.359. The number of rotatable bonds is 2. The smallest absolute Gasteiger partial charge is 0.359 e. The summed E-state index contributed by atoms with van der Waals surface area (Å²) in [6.45, 7) is 0. The van der Waals surface area contributed by atoms with Crippen molar-refractivity contribution < 1.29 is 9.53 Å². The fraction of sp³-hybridized carbons (Fsp3) is 0.571. The Labute approximate surface area is 83.2 Å². The molecule has 0 bridgehead atoms. The number of carbonyl (C=O) groups is 1. The van der Waals surface area contributed by atoms with E-state index in [9.17, 15) is 4.79 Å². The Bertz CT molecular complexity index is 326. The van der Waals surface area contributed by atoms with E-state index in [0.717, 1.165) is 12.8 Å². The van der Waals surface area contributed by atoms with Crippen molar-refractivity contribution in [1.82, 2.24) is 15.0 Å². The summed E-state index contributed by atoms with van der Waals surface area (Å²) in [6, 6.07) is 0. The van der Waals surface area contributed by atoms with Crippen molar-refractivity contribution in [2.75, 3.05) is 0 Å². The highest BCUT2D eigenvalue weighted by Crippen LogP contribution is 2.25. The van der Waals surface area contributed by atoms with Crippen LogP contribution in [0.2, 0.25) is 0 Å². The minimum atomic E-state index is -0.359. The fourth-order valence-corrected chi connectivity index (χ4v) is 1.43. The van der Waals surface area contributed by atoms with Crippen LogP contribution in [0, 0.1) is 0 Å². The van der Waals surface area contributed by atoms with Crippen LogP contribution >= 0.6 is 15.9 Å². The van der Waals surface area contributed by atoms with Crippen molar-refractivity contribution in [2.24, 2.45) is 7.05 Å². The SMILES string of the molecule is Cn1nnc(Br)c1C(=O)OC1CC1. The van der Waals surface area contributed by atoms with Crippen LogP contribution in [0.4, 0.5) is 0 Å². The molecule has 0 atom stereocenters. The Morgan fingerprint density at radius 3 is 2.85 bits per heavy atom. The molecule has 70 valence electrons. The lowest BCUT2D eigenvalue weighted by atomic mass is 10.5. The summed E-state index contributed by atoms with van der Waals surface area (Å²) < 4.78 is 6.93. The number of esters is 1. The first-order valence-electron chi connectivity index (χ1n) is 3.94. The molecule has 1 aromatic rings. The van der Waals surface area contributed by atoms with Gasteiger partial charge >= 0.3 is 5.97 Å². The van der Waals surface area contributed by atoms with Crippen molar-refractivity contribution in [2.45, 2.75) is 18.9 Å². The zero-order chi connectivity index (χ0) is 9.42. The molecule has 1 aromatic heterocycles. The van der Waals surface area contributed by atoms with Gasteiger partial charge in [0.05, 0.1) is 0 Å². The Morgan fingerprint density at radius 1 is 1.69 bits per heavy atom. The van der Waals surface area contributed by atoms with Gasteiger partial charge < -0.3 is 4.74 Å². The maximum Gasteiger partial charge on any atom is 0.359 e. The summed E-state index contributed by atoms with van der Waals surface area (Å²) >= 11 is 3.13. The molecule has 6 heteroatoms. The lowest BCUT2D eigenvalue weighted by molar-refractivity contribution is 0.0458. The van der Waals surface area contributed by atoms with Crippen LogP contribution in [-0.2, 0) is 11.8 Å². The summed E-state index contributed by atoms with van der Waals surface area (Å²) in [4.78, 5) is 11.4. The lowest BCUT2D eigenvalue weighted by Gasteiger charge is -2.01. The van der Waals surface area contributed by atoms with Crippen LogP contribution in [-0.4, -0.2) is 27.1 Å². The molecule has 0 aromatic carbocycles. The Kier molecular flexibility index (Phi) is 2.07. The molecular formula is C7H8BrN3O2. The van der Waals surface area contributed by atoms with Crippen LogP contribution in [0.1, 0.15) is 23.3 Å². The van der Waals surface area contributed by atoms with Crippen LogP contribution in [0.3, 0.4) is 0 Å². The van der Waals surface area contributed by atoms with Gasteiger partial charge in [0.2, 0.25) is 0 Å². The van der Waals surface area contributed by atoms with Gasteiger partial charge in [0, 0.05) is 7.05 Å². The highest BCUT2D eigenvalue weighted by Gasteiger charge is 2.29. The highest BCUT2D eigenvalue weighted by atomic mass is 79.9. The van der Waals surface area contributed by atoms with Gasteiger partial charge in [-0.1, -0.05) is 5.21 Å². The Morgan fingerprint density at radius 2 is 2.38 bits per heavy atom. The monoisotopic (exact) mass is 245 g/mol. The van der Waals surface area contributed by atoms with Crippen LogP contribution in [0.25, 0.3) is 0 Å². The number of aryl methyl sites for hydroxylation is 1. The molecular weight excluding hydrogens is 238 g/mol. The molecule has 1 heterocycles. The molecule has 2 rings (SSSR count). The van der Waals surface area contributed by atoms with Crippen LogP contribution in [0.5, 0.6) is 0 Å². The predicted molar refractivity (Wildman–Crippen MR) is 47.1 cm³/mol. The van der Waals surface area contributed by atoms with Gasteiger partial charge in [0.1, 0.15) is 6.10 Å². The van der Waals surface area contributed by atoms with Gasteiger partial charge in [-0.05, 0) is 28.8 Å². The van der Waals surface area contributed by atoms with Gasteiger partial charge in [-0.15, -0.1) is 5.10 Å². The van der Waals surface area contributed by atoms with E-state index < -0.39 is 0 Å². The zero-order valence-electron chi connectivity index (χ0n) is 7.03. The second-order valence-electron chi connectivity index (χ2n) is 2.96.